The van der Waals surface area contributed by atoms with Gasteiger partial charge in [0.05, 0.1) is 0 Å². The van der Waals surface area contributed by atoms with E-state index in [2.05, 4.69) is 80.6 Å². The number of para-hydroxylation sites is 1. The Bertz CT molecular complexity index is 2380. The summed E-state index contributed by atoms with van der Waals surface area (Å²) in [5, 5.41) is 2.18. The van der Waals surface area contributed by atoms with E-state index in [0.717, 1.165) is 49.8 Å². The summed E-state index contributed by atoms with van der Waals surface area (Å²) in [6, 6.07) is 48.4. The molecule has 0 saturated heterocycles. The summed E-state index contributed by atoms with van der Waals surface area (Å²) in [6.07, 6.45) is 0. The van der Waals surface area contributed by atoms with E-state index < -0.39 is 0 Å². The number of nitrogens with zero attached hydrogens (tertiary/aromatic N) is 3. The minimum atomic E-state index is -0.111. The van der Waals surface area contributed by atoms with Gasteiger partial charge in [0.1, 0.15) is 11.2 Å². The molecule has 0 fully saturated rings. The van der Waals surface area contributed by atoms with Crippen LogP contribution < -0.4 is 0 Å². The van der Waals surface area contributed by atoms with E-state index in [4.69, 9.17) is 19.4 Å². The molecule has 0 unspecified atom stereocenters. The van der Waals surface area contributed by atoms with Crippen LogP contribution in [-0.4, -0.2) is 15.0 Å². The smallest absolute Gasteiger partial charge is 0.164 e. The number of fused-ring (bicyclic) bond motifs is 6. The maximum Gasteiger partial charge on any atom is 0.164 e. The third-order valence-electron chi connectivity index (χ3n) is 9.33. The van der Waals surface area contributed by atoms with Crippen LogP contribution in [0.4, 0.5) is 0 Å². The molecule has 0 atom stereocenters. The van der Waals surface area contributed by atoms with Gasteiger partial charge in [-0.3, -0.25) is 0 Å². The Balaban J connectivity index is 1.30. The second-order valence-corrected chi connectivity index (χ2v) is 12.5. The van der Waals surface area contributed by atoms with E-state index in [1.165, 1.54) is 22.3 Å². The number of aromatic nitrogens is 3. The fourth-order valence-corrected chi connectivity index (χ4v) is 7.02. The van der Waals surface area contributed by atoms with Crippen LogP contribution in [0.25, 0.3) is 78.4 Å². The van der Waals surface area contributed by atoms with Crippen molar-refractivity contribution >= 4 is 21.9 Å². The molecule has 2 heterocycles. The van der Waals surface area contributed by atoms with Gasteiger partial charge in [-0.05, 0) is 57.6 Å². The minimum Gasteiger partial charge on any atom is -0.456 e. The molecule has 1 aliphatic carbocycles. The first-order valence-electron chi connectivity index (χ1n) is 15.6. The quantitative estimate of drug-likeness (QED) is 0.204. The van der Waals surface area contributed by atoms with Crippen LogP contribution >= 0.6 is 0 Å². The van der Waals surface area contributed by atoms with Gasteiger partial charge in [-0.2, -0.15) is 0 Å². The number of hydrogen-bond acceptors (Lipinski definition) is 4. The molecule has 4 heteroatoms. The zero-order chi connectivity index (χ0) is 30.8. The van der Waals surface area contributed by atoms with Crippen molar-refractivity contribution < 1.29 is 4.42 Å². The van der Waals surface area contributed by atoms with Crippen LogP contribution in [-0.2, 0) is 5.41 Å². The van der Waals surface area contributed by atoms with Crippen molar-refractivity contribution in [1.29, 1.82) is 0 Å². The maximum atomic E-state index is 6.52. The molecule has 2 aromatic heterocycles. The van der Waals surface area contributed by atoms with Crippen LogP contribution in [0.15, 0.2) is 144 Å². The average molecular weight is 592 g/mol. The fraction of sp³-hybridized carbons (Fsp3) is 0.0714. The first kappa shape index (κ1) is 26.5. The zero-order valence-electron chi connectivity index (χ0n) is 25.5. The molecule has 0 amide bonds. The van der Waals surface area contributed by atoms with E-state index in [0.29, 0.717) is 17.5 Å². The van der Waals surface area contributed by atoms with E-state index in [1.54, 1.807) is 0 Å². The zero-order valence-corrected chi connectivity index (χ0v) is 25.5. The van der Waals surface area contributed by atoms with Crippen molar-refractivity contribution in [3.63, 3.8) is 0 Å². The molecule has 0 spiro atoms. The van der Waals surface area contributed by atoms with E-state index in [-0.39, 0.29) is 5.41 Å². The fourth-order valence-electron chi connectivity index (χ4n) is 7.02. The Hall–Kier alpha value is -5.87. The lowest BCUT2D eigenvalue weighted by atomic mass is 9.81. The second-order valence-electron chi connectivity index (χ2n) is 12.5. The van der Waals surface area contributed by atoms with Gasteiger partial charge in [0.15, 0.2) is 17.5 Å². The Morgan fingerprint density at radius 1 is 0.435 bits per heavy atom. The molecule has 1 aliphatic rings. The monoisotopic (exact) mass is 591 g/mol. The normalized spacial score (nSPS) is 13.2. The highest BCUT2D eigenvalue weighted by Crippen LogP contribution is 2.50. The highest BCUT2D eigenvalue weighted by Gasteiger charge is 2.35. The Morgan fingerprint density at radius 3 is 1.74 bits per heavy atom. The van der Waals surface area contributed by atoms with Gasteiger partial charge in [-0.15, -0.1) is 0 Å². The van der Waals surface area contributed by atoms with Crippen molar-refractivity contribution in [2.24, 2.45) is 0 Å². The summed E-state index contributed by atoms with van der Waals surface area (Å²) in [6.45, 7) is 4.64. The molecule has 9 rings (SSSR count). The number of furan rings is 1. The van der Waals surface area contributed by atoms with Crippen molar-refractivity contribution in [3.05, 3.63) is 151 Å². The summed E-state index contributed by atoms with van der Waals surface area (Å²) in [5.74, 6) is 1.87. The molecule has 4 nitrogen and oxygen atoms in total. The van der Waals surface area contributed by atoms with Crippen LogP contribution in [0.3, 0.4) is 0 Å². The summed E-state index contributed by atoms with van der Waals surface area (Å²) in [4.78, 5) is 15.0. The summed E-state index contributed by atoms with van der Waals surface area (Å²) >= 11 is 0. The molecule has 8 aromatic rings. The summed E-state index contributed by atoms with van der Waals surface area (Å²) in [7, 11) is 0. The lowest BCUT2D eigenvalue weighted by molar-refractivity contribution is 0.660. The molecule has 0 bridgehead atoms. The van der Waals surface area contributed by atoms with E-state index >= 15 is 0 Å². The Kier molecular flexibility index (Phi) is 5.81. The molecule has 46 heavy (non-hydrogen) atoms. The standard InChI is InChI=1S/C42H29N3O/c1-42(2)34-19-11-9-17-30(34)31-22-21-28(24-35(31)42)33-23-29(25-37-38(33)32-18-10-12-20-36(32)46-37)41-44-39(26-13-5-3-6-14-26)43-40(45-41)27-15-7-4-8-16-27/h3-25H,1-2H3. The van der Waals surface area contributed by atoms with Crippen LogP contribution in [0, 0.1) is 0 Å². The van der Waals surface area contributed by atoms with Crippen LogP contribution in [0.5, 0.6) is 0 Å². The van der Waals surface area contributed by atoms with Crippen LogP contribution in [0.1, 0.15) is 25.0 Å². The molecule has 0 saturated carbocycles. The van der Waals surface area contributed by atoms with Crippen molar-refractivity contribution in [2.75, 3.05) is 0 Å². The largest absolute Gasteiger partial charge is 0.456 e. The van der Waals surface area contributed by atoms with Gasteiger partial charge >= 0.3 is 0 Å². The SMILES string of the molecule is CC1(C)c2ccccc2-c2ccc(-c3cc(-c4nc(-c5ccccc5)nc(-c5ccccc5)n4)cc4oc5ccccc5c34)cc21. The second kappa shape index (κ2) is 10.1. The first-order chi connectivity index (χ1) is 22.5. The van der Waals surface area contributed by atoms with Gasteiger partial charge in [0.25, 0.3) is 0 Å². The third kappa shape index (κ3) is 4.11. The van der Waals surface area contributed by atoms with Crippen molar-refractivity contribution in [2.45, 2.75) is 19.3 Å². The molecule has 0 N–H and O–H groups in total. The first-order valence-corrected chi connectivity index (χ1v) is 15.6. The molecule has 218 valence electrons. The molecular weight excluding hydrogens is 562 g/mol. The Morgan fingerprint density at radius 2 is 1.02 bits per heavy atom. The molecule has 0 aliphatic heterocycles. The van der Waals surface area contributed by atoms with Crippen molar-refractivity contribution in [3.8, 4) is 56.4 Å². The van der Waals surface area contributed by atoms with Gasteiger partial charge < -0.3 is 4.42 Å². The highest BCUT2D eigenvalue weighted by molar-refractivity contribution is 6.13. The highest BCUT2D eigenvalue weighted by atomic mass is 16.3. The van der Waals surface area contributed by atoms with Crippen molar-refractivity contribution in [1.82, 2.24) is 15.0 Å². The summed E-state index contributed by atoms with van der Waals surface area (Å²) in [5.41, 5.74) is 11.8. The molecular formula is C42H29N3O. The summed E-state index contributed by atoms with van der Waals surface area (Å²) < 4.78 is 6.52. The molecule has 0 radical (unpaired) electrons. The van der Waals surface area contributed by atoms with Gasteiger partial charge in [0, 0.05) is 32.9 Å². The average Bonchev–Trinajstić information content (AvgIpc) is 3.60. The lowest BCUT2D eigenvalue weighted by Crippen LogP contribution is -2.14. The maximum absolute atomic E-state index is 6.52. The van der Waals surface area contributed by atoms with E-state index in [1.807, 2.05) is 72.8 Å². The topological polar surface area (TPSA) is 51.8 Å². The third-order valence-corrected chi connectivity index (χ3v) is 9.33. The van der Waals surface area contributed by atoms with E-state index in [9.17, 15) is 0 Å². The van der Waals surface area contributed by atoms with Gasteiger partial charge in [-0.25, -0.2) is 15.0 Å². The predicted octanol–water partition coefficient (Wildman–Crippen LogP) is 10.7. The molecule has 6 aromatic carbocycles. The van der Waals surface area contributed by atoms with Gasteiger partial charge in [-0.1, -0.05) is 129 Å². The van der Waals surface area contributed by atoms with Gasteiger partial charge in [0.2, 0.25) is 0 Å². The number of benzene rings is 6. The Labute approximate surface area is 267 Å². The number of hydrogen-bond donors (Lipinski definition) is 0. The lowest BCUT2D eigenvalue weighted by Gasteiger charge is -2.22. The number of rotatable bonds is 4. The minimum absolute atomic E-state index is 0.111. The van der Waals surface area contributed by atoms with Crippen LogP contribution in [0.2, 0.25) is 0 Å². The predicted molar refractivity (Wildman–Crippen MR) is 186 cm³/mol.